The highest BCUT2D eigenvalue weighted by Crippen LogP contribution is 2.32. The van der Waals surface area contributed by atoms with Gasteiger partial charge in [0.05, 0.1) is 5.56 Å². The molecule has 0 saturated heterocycles. The molecule has 0 radical (unpaired) electrons. The van der Waals surface area contributed by atoms with Gasteiger partial charge in [-0.25, -0.2) is 9.67 Å². The second-order valence-electron chi connectivity index (χ2n) is 5.76. The van der Waals surface area contributed by atoms with Gasteiger partial charge in [0.2, 0.25) is 5.91 Å². The zero-order chi connectivity index (χ0) is 20.1. The van der Waals surface area contributed by atoms with Gasteiger partial charge in [-0.2, -0.15) is 18.3 Å². The Hall–Kier alpha value is -3.13. The zero-order valence-corrected chi connectivity index (χ0v) is 15.1. The van der Waals surface area contributed by atoms with E-state index < -0.39 is 17.6 Å². The van der Waals surface area contributed by atoms with Crippen LogP contribution < -0.4 is 5.32 Å². The van der Waals surface area contributed by atoms with Crippen LogP contribution in [-0.4, -0.2) is 20.7 Å². The third-order valence-corrected chi connectivity index (χ3v) is 4.10. The molecule has 1 aromatic carbocycles. The Morgan fingerprint density at radius 3 is 2.75 bits per heavy atom. The number of amides is 1. The van der Waals surface area contributed by atoms with Crippen LogP contribution in [0.25, 0.3) is 11.9 Å². The fourth-order valence-corrected chi connectivity index (χ4v) is 2.54. The van der Waals surface area contributed by atoms with Gasteiger partial charge in [0.15, 0.2) is 5.82 Å². The molecule has 0 aliphatic heterocycles. The molecule has 0 spiro atoms. The second kappa shape index (κ2) is 8.26. The molecule has 5 nitrogen and oxygen atoms in total. The minimum atomic E-state index is -4.48. The standard InChI is InChI=1S/C19H14ClF3N4O/c20-16-4-3-15(19(21,22)23)11-14(16)2-5-18(28)25-12-13-6-8-24-17(10-13)27-9-1-7-26-27/h1-11H,12H2,(H,25,28)/b5-2+. The monoisotopic (exact) mass is 406 g/mol. The number of carbonyl (C=O) groups is 1. The molecule has 3 aromatic rings. The summed E-state index contributed by atoms with van der Waals surface area (Å²) >= 11 is 5.90. The average Bonchev–Trinajstić information content (AvgIpc) is 3.20. The Morgan fingerprint density at radius 2 is 2.04 bits per heavy atom. The van der Waals surface area contributed by atoms with E-state index in [9.17, 15) is 18.0 Å². The first-order valence-corrected chi connectivity index (χ1v) is 8.48. The molecule has 0 atom stereocenters. The lowest BCUT2D eigenvalue weighted by Crippen LogP contribution is -2.20. The molecule has 0 unspecified atom stereocenters. The van der Waals surface area contributed by atoms with Gasteiger partial charge in [-0.15, -0.1) is 0 Å². The van der Waals surface area contributed by atoms with Crippen LogP contribution in [0.2, 0.25) is 5.02 Å². The van der Waals surface area contributed by atoms with E-state index in [1.54, 1.807) is 41.5 Å². The van der Waals surface area contributed by atoms with E-state index in [2.05, 4.69) is 15.4 Å². The topological polar surface area (TPSA) is 59.8 Å². The molecular weight excluding hydrogens is 393 g/mol. The molecule has 3 rings (SSSR count). The number of aromatic nitrogens is 3. The van der Waals surface area contributed by atoms with Crippen molar-refractivity contribution in [2.24, 2.45) is 0 Å². The first-order valence-electron chi connectivity index (χ1n) is 8.10. The lowest BCUT2D eigenvalue weighted by atomic mass is 10.1. The summed E-state index contributed by atoms with van der Waals surface area (Å²) < 4.78 is 39.9. The molecule has 0 bridgehead atoms. The Bertz CT molecular complexity index is 1000. The number of halogens is 4. The molecule has 0 aliphatic carbocycles. The first kappa shape index (κ1) is 19.6. The van der Waals surface area contributed by atoms with Crippen LogP contribution in [0.1, 0.15) is 16.7 Å². The van der Waals surface area contributed by atoms with E-state index in [1.807, 2.05) is 0 Å². The minimum Gasteiger partial charge on any atom is -0.348 e. The maximum absolute atomic E-state index is 12.8. The van der Waals surface area contributed by atoms with Crippen molar-refractivity contribution in [2.45, 2.75) is 12.7 Å². The molecule has 0 fully saturated rings. The van der Waals surface area contributed by atoms with Crippen LogP contribution in [0.4, 0.5) is 13.2 Å². The Kier molecular flexibility index (Phi) is 5.79. The van der Waals surface area contributed by atoms with Gasteiger partial charge >= 0.3 is 6.18 Å². The highest BCUT2D eigenvalue weighted by Gasteiger charge is 2.30. The van der Waals surface area contributed by atoms with Crippen LogP contribution >= 0.6 is 11.6 Å². The predicted octanol–water partition coefficient (Wildman–Crippen LogP) is 4.27. The quantitative estimate of drug-likeness (QED) is 0.644. The van der Waals surface area contributed by atoms with E-state index in [0.29, 0.717) is 5.82 Å². The van der Waals surface area contributed by atoms with Crippen molar-refractivity contribution >= 4 is 23.6 Å². The van der Waals surface area contributed by atoms with Crippen LogP contribution in [0.5, 0.6) is 0 Å². The van der Waals surface area contributed by atoms with Crippen molar-refractivity contribution in [3.63, 3.8) is 0 Å². The van der Waals surface area contributed by atoms with Crippen LogP contribution in [0.15, 0.2) is 61.1 Å². The van der Waals surface area contributed by atoms with Gasteiger partial charge in [0.1, 0.15) is 0 Å². The Labute approximate surface area is 163 Å². The summed E-state index contributed by atoms with van der Waals surface area (Å²) in [6, 6.07) is 8.20. The molecule has 1 amide bonds. The van der Waals surface area contributed by atoms with Gasteiger partial charge in [-0.1, -0.05) is 11.6 Å². The molecule has 1 N–H and O–H groups in total. The van der Waals surface area contributed by atoms with Gasteiger partial charge in [0.25, 0.3) is 0 Å². The van der Waals surface area contributed by atoms with Crippen molar-refractivity contribution in [3.05, 3.63) is 82.8 Å². The third kappa shape index (κ3) is 4.98. The van der Waals surface area contributed by atoms with Gasteiger partial charge in [-0.05, 0) is 53.6 Å². The minimum absolute atomic E-state index is 0.108. The molecule has 2 heterocycles. The SMILES string of the molecule is O=C(/C=C/c1cc(C(F)(F)F)ccc1Cl)NCc1ccnc(-n2cccn2)c1. The van der Waals surface area contributed by atoms with Gasteiger partial charge in [0, 0.05) is 36.2 Å². The number of carbonyl (C=O) groups excluding carboxylic acids is 1. The summed E-state index contributed by atoms with van der Waals surface area (Å²) in [5.41, 5.74) is 0.0655. The van der Waals surface area contributed by atoms with E-state index in [1.165, 1.54) is 6.08 Å². The number of rotatable bonds is 5. The number of nitrogens with zero attached hydrogens (tertiary/aromatic N) is 3. The molecule has 0 saturated carbocycles. The van der Waals surface area contributed by atoms with E-state index in [-0.39, 0.29) is 17.1 Å². The fourth-order valence-electron chi connectivity index (χ4n) is 2.36. The van der Waals surface area contributed by atoms with E-state index in [0.717, 1.165) is 29.8 Å². The summed E-state index contributed by atoms with van der Waals surface area (Å²) in [5, 5.41) is 6.86. The average molecular weight is 407 g/mol. The molecular formula is C19H14ClF3N4O. The van der Waals surface area contributed by atoms with Gasteiger partial charge < -0.3 is 5.32 Å². The maximum atomic E-state index is 12.8. The predicted molar refractivity (Wildman–Crippen MR) is 98.7 cm³/mol. The van der Waals surface area contributed by atoms with Crippen molar-refractivity contribution in [1.29, 1.82) is 0 Å². The summed E-state index contributed by atoms with van der Waals surface area (Å²) in [4.78, 5) is 16.2. The smallest absolute Gasteiger partial charge is 0.348 e. The van der Waals surface area contributed by atoms with Crippen molar-refractivity contribution < 1.29 is 18.0 Å². The van der Waals surface area contributed by atoms with Crippen molar-refractivity contribution in [3.8, 4) is 5.82 Å². The second-order valence-corrected chi connectivity index (χ2v) is 6.17. The number of alkyl halides is 3. The number of pyridine rings is 1. The number of hydrogen-bond acceptors (Lipinski definition) is 3. The largest absolute Gasteiger partial charge is 0.416 e. The Morgan fingerprint density at radius 1 is 1.21 bits per heavy atom. The molecule has 9 heteroatoms. The molecule has 28 heavy (non-hydrogen) atoms. The zero-order valence-electron chi connectivity index (χ0n) is 14.3. The third-order valence-electron chi connectivity index (χ3n) is 3.75. The molecule has 144 valence electrons. The van der Waals surface area contributed by atoms with E-state index >= 15 is 0 Å². The summed E-state index contributed by atoms with van der Waals surface area (Å²) in [5.74, 6) is 0.133. The van der Waals surface area contributed by atoms with E-state index in [4.69, 9.17) is 11.6 Å². The summed E-state index contributed by atoms with van der Waals surface area (Å²) in [6.07, 6.45) is 2.86. The van der Waals surface area contributed by atoms with Crippen LogP contribution in [0, 0.1) is 0 Å². The maximum Gasteiger partial charge on any atom is 0.416 e. The first-order chi connectivity index (χ1) is 13.3. The lowest BCUT2D eigenvalue weighted by molar-refractivity contribution is -0.137. The number of benzene rings is 1. The number of nitrogens with one attached hydrogen (secondary N) is 1. The normalized spacial score (nSPS) is 11.7. The Balaban J connectivity index is 1.64. The highest BCUT2D eigenvalue weighted by molar-refractivity contribution is 6.32. The summed E-state index contributed by atoms with van der Waals surface area (Å²) in [6.45, 7) is 0.219. The fraction of sp³-hybridized carbons (Fsp3) is 0.105. The van der Waals surface area contributed by atoms with Crippen LogP contribution in [0.3, 0.4) is 0 Å². The van der Waals surface area contributed by atoms with Crippen molar-refractivity contribution in [2.75, 3.05) is 0 Å². The highest BCUT2D eigenvalue weighted by atomic mass is 35.5. The molecule has 2 aromatic heterocycles. The van der Waals surface area contributed by atoms with Crippen molar-refractivity contribution in [1.82, 2.24) is 20.1 Å². The number of hydrogen-bond donors (Lipinski definition) is 1. The van der Waals surface area contributed by atoms with Crippen LogP contribution in [-0.2, 0) is 17.5 Å². The van der Waals surface area contributed by atoms with Gasteiger partial charge in [-0.3, -0.25) is 4.79 Å². The lowest BCUT2D eigenvalue weighted by Gasteiger charge is -2.08. The summed E-state index contributed by atoms with van der Waals surface area (Å²) in [7, 11) is 0. The molecule has 0 aliphatic rings.